The lowest BCUT2D eigenvalue weighted by molar-refractivity contribution is 0.0857. The number of aromatic nitrogens is 1. The van der Waals surface area contributed by atoms with Gasteiger partial charge in [0.15, 0.2) is 15.0 Å². The summed E-state index contributed by atoms with van der Waals surface area (Å²) in [5.74, 6) is -0.263. The lowest BCUT2D eigenvalue weighted by atomic mass is 10.1. The van der Waals surface area contributed by atoms with Gasteiger partial charge in [0.05, 0.1) is 11.5 Å². The van der Waals surface area contributed by atoms with Gasteiger partial charge in [0, 0.05) is 36.5 Å². The van der Waals surface area contributed by atoms with Gasteiger partial charge in [-0.3, -0.25) is 4.79 Å². The lowest BCUT2D eigenvalue weighted by Gasteiger charge is -2.31. The molecule has 1 aromatic carbocycles. The van der Waals surface area contributed by atoms with Crippen molar-refractivity contribution >= 4 is 44.0 Å². The van der Waals surface area contributed by atoms with Crippen molar-refractivity contribution in [3.8, 4) is 0 Å². The van der Waals surface area contributed by atoms with Crippen LogP contribution in [0.3, 0.4) is 0 Å². The minimum Gasteiger partial charge on any atom is -0.450 e. The van der Waals surface area contributed by atoms with Crippen LogP contribution in [-0.2, 0) is 14.6 Å². The molecule has 0 unspecified atom stereocenters. The number of benzene rings is 1. The molecule has 2 N–H and O–H groups in total. The number of anilines is 2. The number of nitrogens with zero attached hydrogens (tertiary/aromatic N) is 2. The third-order valence-corrected chi connectivity index (χ3v) is 6.51. The fourth-order valence-electron chi connectivity index (χ4n) is 3.02. The van der Waals surface area contributed by atoms with Crippen LogP contribution in [0.25, 0.3) is 0 Å². The van der Waals surface area contributed by atoms with Gasteiger partial charge in [0.2, 0.25) is 0 Å². The monoisotopic (exact) mass is 452 g/mol. The summed E-state index contributed by atoms with van der Waals surface area (Å²) in [4.78, 5) is 30.4. The van der Waals surface area contributed by atoms with Gasteiger partial charge in [-0.15, -0.1) is 11.3 Å². The van der Waals surface area contributed by atoms with Crippen molar-refractivity contribution in [1.82, 2.24) is 15.2 Å². The van der Waals surface area contributed by atoms with Crippen molar-refractivity contribution in [2.45, 2.75) is 30.7 Å². The Kier molecular flexibility index (Phi) is 6.93. The van der Waals surface area contributed by atoms with Gasteiger partial charge in [-0.25, -0.2) is 18.2 Å². The molecule has 1 saturated heterocycles. The third-order valence-electron chi connectivity index (χ3n) is 4.63. The van der Waals surface area contributed by atoms with Gasteiger partial charge in [0.1, 0.15) is 5.69 Å². The van der Waals surface area contributed by atoms with Crippen molar-refractivity contribution in [2.75, 3.05) is 31.3 Å². The minimum absolute atomic E-state index is 0.0233. The summed E-state index contributed by atoms with van der Waals surface area (Å²) < 4.78 is 28.0. The van der Waals surface area contributed by atoms with Crippen LogP contribution in [-0.4, -0.2) is 62.3 Å². The molecule has 0 saturated carbocycles. The molecule has 0 spiro atoms. The Bertz CT molecular complexity index is 996. The Balaban J connectivity index is 1.52. The van der Waals surface area contributed by atoms with E-state index in [9.17, 15) is 18.0 Å². The number of ether oxygens (including phenoxy) is 1. The summed E-state index contributed by atoms with van der Waals surface area (Å²) in [6.45, 7) is 3.19. The zero-order valence-electron chi connectivity index (χ0n) is 16.8. The maximum Gasteiger partial charge on any atom is 0.409 e. The highest BCUT2D eigenvalue weighted by atomic mass is 32.2. The Morgan fingerprint density at radius 1 is 1.23 bits per heavy atom. The van der Waals surface area contributed by atoms with E-state index in [0.717, 1.165) is 6.26 Å². The first-order chi connectivity index (χ1) is 14.3. The number of hydrogen-bond donors (Lipinski definition) is 2. The van der Waals surface area contributed by atoms with Crippen molar-refractivity contribution in [1.29, 1.82) is 0 Å². The van der Waals surface area contributed by atoms with Crippen LogP contribution in [0.1, 0.15) is 30.3 Å². The quantitative estimate of drug-likeness (QED) is 0.692. The number of likely N-dealkylation sites (tertiary alicyclic amines) is 1. The topological polar surface area (TPSA) is 118 Å². The second-order valence-electron chi connectivity index (χ2n) is 6.89. The van der Waals surface area contributed by atoms with Crippen LogP contribution in [0.2, 0.25) is 0 Å². The van der Waals surface area contributed by atoms with Gasteiger partial charge in [-0.2, -0.15) is 0 Å². The van der Waals surface area contributed by atoms with E-state index in [1.807, 2.05) is 0 Å². The van der Waals surface area contributed by atoms with E-state index in [0.29, 0.717) is 49.1 Å². The first-order valence-electron chi connectivity index (χ1n) is 9.51. The molecular weight excluding hydrogens is 428 g/mol. The number of nitrogens with one attached hydrogen (secondary N) is 2. The Hall–Kier alpha value is -2.66. The van der Waals surface area contributed by atoms with Crippen molar-refractivity contribution in [2.24, 2.45) is 0 Å². The SMILES string of the molecule is CCOC(=O)N1CCC(NC(=O)c2csc(Nc3ccc(S(C)(=O)=O)cc3)n2)CC1. The first-order valence-corrected chi connectivity index (χ1v) is 12.3. The molecule has 30 heavy (non-hydrogen) atoms. The summed E-state index contributed by atoms with van der Waals surface area (Å²) in [7, 11) is -3.25. The Labute approximate surface area is 179 Å². The third kappa shape index (κ3) is 5.70. The highest BCUT2D eigenvalue weighted by molar-refractivity contribution is 7.90. The smallest absolute Gasteiger partial charge is 0.409 e. The van der Waals surface area contributed by atoms with E-state index >= 15 is 0 Å². The molecule has 11 heteroatoms. The molecule has 1 fully saturated rings. The van der Waals surface area contributed by atoms with Crippen LogP contribution in [0.15, 0.2) is 34.5 Å². The number of rotatable bonds is 6. The average Bonchev–Trinajstić information content (AvgIpc) is 3.17. The maximum atomic E-state index is 12.5. The fraction of sp³-hybridized carbons (Fsp3) is 0.421. The summed E-state index contributed by atoms with van der Waals surface area (Å²) in [6.07, 6.45) is 2.16. The van der Waals surface area contributed by atoms with Gasteiger partial charge in [-0.05, 0) is 44.0 Å². The maximum absolute atomic E-state index is 12.5. The molecule has 1 aliphatic rings. The predicted molar refractivity (Wildman–Crippen MR) is 114 cm³/mol. The van der Waals surface area contributed by atoms with Crippen LogP contribution in [0.5, 0.6) is 0 Å². The highest BCUT2D eigenvalue weighted by Crippen LogP contribution is 2.22. The second kappa shape index (κ2) is 9.43. The van der Waals surface area contributed by atoms with E-state index < -0.39 is 9.84 Å². The van der Waals surface area contributed by atoms with Crippen LogP contribution >= 0.6 is 11.3 Å². The molecule has 1 aromatic heterocycles. The van der Waals surface area contributed by atoms with Crippen LogP contribution in [0.4, 0.5) is 15.6 Å². The lowest BCUT2D eigenvalue weighted by Crippen LogP contribution is -2.46. The second-order valence-corrected chi connectivity index (χ2v) is 9.77. The van der Waals surface area contributed by atoms with Gasteiger partial charge in [0.25, 0.3) is 5.91 Å². The van der Waals surface area contributed by atoms with E-state index in [2.05, 4.69) is 15.6 Å². The van der Waals surface area contributed by atoms with Crippen LogP contribution < -0.4 is 10.6 Å². The predicted octanol–water partition coefficient (Wildman–Crippen LogP) is 2.64. The Morgan fingerprint density at radius 2 is 1.90 bits per heavy atom. The number of piperidine rings is 1. The summed E-state index contributed by atoms with van der Waals surface area (Å²) >= 11 is 1.28. The van der Waals surface area contributed by atoms with Crippen molar-refractivity contribution in [3.63, 3.8) is 0 Å². The number of hydrogen-bond acceptors (Lipinski definition) is 8. The van der Waals surface area contributed by atoms with E-state index in [1.54, 1.807) is 29.3 Å². The summed E-state index contributed by atoms with van der Waals surface area (Å²) in [6, 6.07) is 6.30. The molecule has 162 valence electrons. The number of carbonyl (C=O) groups excluding carboxylic acids is 2. The van der Waals surface area contributed by atoms with Crippen LogP contribution in [0, 0.1) is 0 Å². The molecule has 1 aliphatic heterocycles. The number of sulfone groups is 1. The van der Waals surface area contributed by atoms with Crippen molar-refractivity contribution < 1.29 is 22.7 Å². The molecule has 0 atom stereocenters. The molecule has 2 amide bonds. The number of amides is 2. The van der Waals surface area contributed by atoms with Gasteiger partial charge < -0.3 is 20.3 Å². The van der Waals surface area contributed by atoms with E-state index in [4.69, 9.17) is 4.74 Å². The zero-order chi connectivity index (χ0) is 21.7. The molecule has 2 aromatic rings. The molecule has 2 heterocycles. The number of carbonyl (C=O) groups is 2. The molecule has 0 aliphatic carbocycles. The first kappa shape index (κ1) is 22.0. The molecular formula is C19H24N4O5S2. The number of thiazole rings is 1. The molecule has 3 rings (SSSR count). The normalized spacial score (nSPS) is 14.9. The summed E-state index contributed by atoms with van der Waals surface area (Å²) in [5.41, 5.74) is 0.984. The molecule has 9 nitrogen and oxygen atoms in total. The molecule has 0 radical (unpaired) electrons. The summed E-state index contributed by atoms with van der Waals surface area (Å²) in [5, 5.41) is 8.22. The van der Waals surface area contributed by atoms with Gasteiger partial charge >= 0.3 is 6.09 Å². The van der Waals surface area contributed by atoms with Crippen molar-refractivity contribution in [3.05, 3.63) is 35.3 Å². The molecule has 0 bridgehead atoms. The largest absolute Gasteiger partial charge is 0.450 e. The average molecular weight is 453 g/mol. The zero-order valence-corrected chi connectivity index (χ0v) is 18.4. The standard InChI is InChI=1S/C19H24N4O5S2/c1-3-28-19(25)23-10-8-14(9-11-23)20-17(24)16-12-29-18(22-16)21-13-4-6-15(7-5-13)30(2,26)27/h4-7,12,14H,3,8-11H2,1-2H3,(H,20,24)(H,21,22). The highest BCUT2D eigenvalue weighted by Gasteiger charge is 2.25. The Morgan fingerprint density at radius 3 is 2.50 bits per heavy atom. The minimum atomic E-state index is -3.25. The van der Waals surface area contributed by atoms with E-state index in [1.165, 1.54) is 23.5 Å². The van der Waals surface area contributed by atoms with Gasteiger partial charge in [-0.1, -0.05) is 0 Å². The van der Waals surface area contributed by atoms with E-state index in [-0.39, 0.29) is 22.9 Å². The fourth-order valence-corrected chi connectivity index (χ4v) is 4.37.